The third-order valence-electron chi connectivity index (χ3n) is 4.47. The molecule has 6 nitrogen and oxygen atoms in total. The fourth-order valence-corrected chi connectivity index (χ4v) is 3.45. The van der Waals surface area contributed by atoms with Crippen LogP contribution in [0.25, 0.3) is 0 Å². The number of hydrogen-bond donors (Lipinski definition) is 1. The molecule has 4 rings (SSSR count). The zero-order chi connectivity index (χ0) is 17.3. The highest BCUT2D eigenvalue weighted by atomic mass is 35.5. The zero-order valence-corrected chi connectivity index (χ0v) is 16.1. The summed E-state index contributed by atoms with van der Waals surface area (Å²) in [5.41, 5.74) is 7.95. The van der Waals surface area contributed by atoms with E-state index in [0.717, 1.165) is 35.7 Å². The van der Waals surface area contributed by atoms with E-state index in [0.29, 0.717) is 24.7 Å². The van der Waals surface area contributed by atoms with Gasteiger partial charge in [-0.15, -0.1) is 23.7 Å². The largest absolute Gasteiger partial charge is 0.486 e. The summed E-state index contributed by atoms with van der Waals surface area (Å²) in [4.78, 5) is 9.02. The Morgan fingerprint density at radius 2 is 2.00 bits per heavy atom. The summed E-state index contributed by atoms with van der Waals surface area (Å²) < 4.78 is 11.1. The average molecular weight is 393 g/mol. The van der Waals surface area contributed by atoms with Crippen LogP contribution in [0.4, 0.5) is 0 Å². The van der Waals surface area contributed by atoms with Crippen LogP contribution in [0.5, 0.6) is 5.75 Å². The first kappa shape index (κ1) is 18.8. The lowest BCUT2D eigenvalue weighted by molar-refractivity contribution is 0.229. The second-order valence-electron chi connectivity index (χ2n) is 6.53. The molecule has 1 fully saturated rings. The molecule has 2 N–H and O–H groups in total. The summed E-state index contributed by atoms with van der Waals surface area (Å²) in [7, 11) is 0. The van der Waals surface area contributed by atoms with E-state index < -0.39 is 5.54 Å². The van der Waals surface area contributed by atoms with E-state index in [4.69, 9.17) is 15.0 Å². The van der Waals surface area contributed by atoms with Crippen LogP contribution in [0, 0.1) is 6.92 Å². The summed E-state index contributed by atoms with van der Waals surface area (Å²) in [6.45, 7) is 2.51. The number of rotatable bonds is 6. The van der Waals surface area contributed by atoms with Crippen LogP contribution in [0.1, 0.15) is 47.2 Å². The van der Waals surface area contributed by atoms with Crippen LogP contribution in [-0.4, -0.2) is 15.1 Å². The Labute approximate surface area is 162 Å². The van der Waals surface area contributed by atoms with Crippen molar-refractivity contribution >= 4 is 23.7 Å². The van der Waals surface area contributed by atoms with E-state index in [2.05, 4.69) is 22.0 Å². The first-order valence-electron chi connectivity index (χ1n) is 8.35. The van der Waals surface area contributed by atoms with Crippen molar-refractivity contribution in [1.82, 2.24) is 15.1 Å². The highest BCUT2D eigenvalue weighted by Gasteiger charge is 2.38. The number of nitrogens with zero attached hydrogens (tertiary/aromatic N) is 3. The molecular weight excluding hydrogens is 372 g/mol. The van der Waals surface area contributed by atoms with Gasteiger partial charge in [-0.05, 0) is 38.3 Å². The molecule has 2 aromatic heterocycles. The van der Waals surface area contributed by atoms with E-state index in [1.54, 1.807) is 11.3 Å². The van der Waals surface area contributed by atoms with Crippen LogP contribution in [-0.2, 0) is 18.6 Å². The van der Waals surface area contributed by atoms with Crippen molar-refractivity contribution in [2.45, 2.75) is 44.8 Å². The molecule has 138 valence electrons. The second-order valence-corrected chi connectivity index (χ2v) is 7.48. The van der Waals surface area contributed by atoms with E-state index in [1.807, 2.05) is 29.6 Å². The minimum Gasteiger partial charge on any atom is -0.486 e. The molecule has 0 bridgehead atoms. The Kier molecular flexibility index (Phi) is 5.60. The van der Waals surface area contributed by atoms with Gasteiger partial charge in [0, 0.05) is 5.38 Å². The van der Waals surface area contributed by atoms with Crippen molar-refractivity contribution in [2.24, 2.45) is 5.73 Å². The van der Waals surface area contributed by atoms with Crippen LogP contribution in [0.2, 0.25) is 0 Å². The molecule has 0 radical (unpaired) electrons. The van der Waals surface area contributed by atoms with Gasteiger partial charge in [0.2, 0.25) is 5.89 Å². The standard InChI is InChI=1S/C18H20N4O2S.ClH/c1-12-3-5-14(6-4-12)23-10-16-20-13(11-25-16)9-15-21-17(22-24-15)18(19)7-2-8-18;/h3-6,11H,2,7-10,19H2,1H3;1H. The fraction of sp³-hybridized carbons (Fsp3) is 0.389. The van der Waals surface area contributed by atoms with E-state index in [-0.39, 0.29) is 12.4 Å². The Bertz CT molecular complexity index is 858. The van der Waals surface area contributed by atoms with Crippen molar-refractivity contribution in [1.29, 1.82) is 0 Å². The second kappa shape index (κ2) is 7.73. The van der Waals surface area contributed by atoms with Crippen LogP contribution >= 0.6 is 23.7 Å². The molecule has 2 heterocycles. The maximum absolute atomic E-state index is 6.22. The molecule has 0 atom stereocenters. The smallest absolute Gasteiger partial charge is 0.232 e. The molecule has 1 aromatic carbocycles. The number of ether oxygens (including phenoxy) is 1. The van der Waals surface area contributed by atoms with Crippen LogP contribution in [0.15, 0.2) is 34.2 Å². The number of aryl methyl sites for hydroxylation is 1. The predicted molar refractivity (Wildman–Crippen MR) is 102 cm³/mol. The van der Waals surface area contributed by atoms with Gasteiger partial charge >= 0.3 is 0 Å². The molecule has 26 heavy (non-hydrogen) atoms. The lowest BCUT2D eigenvalue weighted by atomic mass is 9.77. The summed E-state index contributed by atoms with van der Waals surface area (Å²) in [6, 6.07) is 7.99. The van der Waals surface area contributed by atoms with Crippen molar-refractivity contribution in [3.8, 4) is 5.75 Å². The van der Waals surface area contributed by atoms with Crippen molar-refractivity contribution < 1.29 is 9.26 Å². The molecule has 1 aliphatic rings. The van der Waals surface area contributed by atoms with Crippen LogP contribution < -0.4 is 10.5 Å². The van der Waals surface area contributed by atoms with E-state index >= 15 is 0 Å². The topological polar surface area (TPSA) is 87.1 Å². The van der Waals surface area contributed by atoms with Gasteiger partial charge in [0.25, 0.3) is 0 Å². The Morgan fingerprint density at radius 1 is 1.23 bits per heavy atom. The minimum atomic E-state index is -0.392. The monoisotopic (exact) mass is 392 g/mol. The van der Waals surface area contributed by atoms with Gasteiger partial charge in [-0.25, -0.2) is 4.98 Å². The van der Waals surface area contributed by atoms with Gasteiger partial charge in [-0.3, -0.25) is 0 Å². The Balaban J connectivity index is 0.00000196. The zero-order valence-electron chi connectivity index (χ0n) is 14.5. The lowest BCUT2D eigenvalue weighted by Crippen LogP contribution is -2.44. The van der Waals surface area contributed by atoms with Gasteiger partial charge < -0.3 is 15.0 Å². The highest BCUT2D eigenvalue weighted by molar-refractivity contribution is 7.09. The van der Waals surface area contributed by atoms with Gasteiger partial charge in [-0.1, -0.05) is 22.9 Å². The van der Waals surface area contributed by atoms with Crippen molar-refractivity contribution in [3.05, 3.63) is 57.6 Å². The fourth-order valence-electron chi connectivity index (χ4n) is 2.74. The summed E-state index contributed by atoms with van der Waals surface area (Å²) >= 11 is 1.57. The van der Waals surface area contributed by atoms with Gasteiger partial charge in [0.1, 0.15) is 17.4 Å². The van der Waals surface area contributed by atoms with E-state index in [9.17, 15) is 0 Å². The molecule has 1 saturated carbocycles. The molecule has 0 aliphatic heterocycles. The normalized spacial score (nSPS) is 15.2. The first-order valence-corrected chi connectivity index (χ1v) is 9.23. The van der Waals surface area contributed by atoms with Crippen molar-refractivity contribution in [3.63, 3.8) is 0 Å². The van der Waals surface area contributed by atoms with Crippen LogP contribution in [0.3, 0.4) is 0 Å². The quantitative estimate of drug-likeness (QED) is 0.687. The molecule has 1 aliphatic carbocycles. The molecule has 0 spiro atoms. The molecule has 8 heteroatoms. The first-order chi connectivity index (χ1) is 12.1. The summed E-state index contributed by atoms with van der Waals surface area (Å²) in [6.07, 6.45) is 3.48. The maximum Gasteiger partial charge on any atom is 0.232 e. The molecular formula is C18H21ClN4O2S. The number of aromatic nitrogens is 3. The number of hydrogen-bond acceptors (Lipinski definition) is 7. The third kappa shape index (κ3) is 4.06. The molecule has 0 unspecified atom stereocenters. The van der Waals surface area contributed by atoms with Crippen molar-refractivity contribution in [2.75, 3.05) is 0 Å². The Morgan fingerprint density at radius 3 is 2.69 bits per heavy atom. The number of thiazole rings is 1. The maximum atomic E-state index is 6.22. The van der Waals surface area contributed by atoms with Gasteiger partial charge in [0.05, 0.1) is 17.7 Å². The van der Waals surface area contributed by atoms with E-state index in [1.165, 1.54) is 5.56 Å². The number of nitrogens with two attached hydrogens (primary N) is 1. The minimum absolute atomic E-state index is 0. The molecule has 0 amide bonds. The number of benzene rings is 1. The summed E-state index contributed by atoms with van der Waals surface area (Å²) in [5.74, 6) is 2.02. The van der Waals surface area contributed by atoms with Gasteiger partial charge in [-0.2, -0.15) is 4.98 Å². The molecule has 3 aromatic rings. The SMILES string of the molecule is Cc1ccc(OCc2nc(Cc3nc(C4(N)CCC4)no3)cs2)cc1.Cl. The molecule has 0 saturated heterocycles. The van der Waals surface area contributed by atoms with Gasteiger partial charge in [0.15, 0.2) is 5.82 Å². The Hall–Kier alpha value is -1.96. The summed E-state index contributed by atoms with van der Waals surface area (Å²) in [5, 5.41) is 6.96. The third-order valence-corrected chi connectivity index (χ3v) is 5.35. The average Bonchev–Trinajstić information content (AvgIpc) is 3.22. The number of halogens is 1. The highest BCUT2D eigenvalue weighted by Crippen LogP contribution is 2.36. The lowest BCUT2D eigenvalue weighted by Gasteiger charge is -2.34. The predicted octanol–water partition coefficient (Wildman–Crippen LogP) is 3.76.